The highest BCUT2D eigenvalue weighted by atomic mass is 35.5. The van der Waals surface area contributed by atoms with Crippen LogP contribution in [0.5, 0.6) is 0 Å². The normalized spacial score (nSPS) is 11.2. The van der Waals surface area contributed by atoms with Crippen molar-refractivity contribution in [1.82, 2.24) is 24.7 Å². The largest absolute Gasteiger partial charge is 0.350 e. The number of H-pyrrole nitrogens is 1. The first kappa shape index (κ1) is 15.1. The first-order valence-corrected chi connectivity index (χ1v) is 6.86. The van der Waals surface area contributed by atoms with Crippen LogP contribution in [0.3, 0.4) is 0 Å². The molecule has 6 nitrogen and oxygen atoms in total. The van der Waals surface area contributed by atoms with Gasteiger partial charge in [0.2, 0.25) is 5.82 Å². The molecule has 3 aromatic heterocycles. The number of nitrogens with one attached hydrogen (secondary N) is 1. The Morgan fingerprint density at radius 3 is 2.91 bits per heavy atom. The minimum atomic E-state index is 0. The van der Waals surface area contributed by atoms with Crippen LogP contribution < -0.4 is 0 Å². The van der Waals surface area contributed by atoms with Crippen molar-refractivity contribution in [2.75, 3.05) is 0 Å². The van der Waals surface area contributed by atoms with Gasteiger partial charge < -0.3 is 14.1 Å². The fourth-order valence-electron chi connectivity index (χ4n) is 2.45. The number of benzene rings is 1. The van der Waals surface area contributed by atoms with Crippen LogP contribution in [0.25, 0.3) is 34.4 Å². The molecule has 7 heteroatoms. The molecule has 0 radical (unpaired) electrons. The van der Waals surface area contributed by atoms with Crippen molar-refractivity contribution in [2.45, 2.75) is 0 Å². The second kappa shape index (κ2) is 6.10. The fourth-order valence-corrected chi connectivity index (χ4v) is 2.45. The van der Waals surface area contributed by atoms with E-state index >= 15 is 0 Å². The number of rotatable bonds is 3. The highest BCUT2D eigenvalue weighted by Gasteiger charge is 2.13. The van der Waals surface area contributed by atoms with Crippen molar-refractivity contribution in [2.24, 2.45) is 7.05 Å². The minimum Gasteiger partial charge on any atom is -0.350 e. The first-order valence-electron chi connectivity index (χ1n) is 6.86. The molecule has 1 aromatic carbocycles. The van der Waals surface area contributed by atoms with Crippen LogP contribution in [-0.2, 0) is 7.05 Å². The van der Waals surface area contributed by atoms with E-state index in [4.69, 9.17) is 4.52 Å². The molecule has 0 saturated heterocycles. The molecule has 0 fully saturated rings. The molecule has 0 atom stereocenters. The SMILES string of the molecule is Cl.Cn1cc(-c2noc(C=Cc3cnc[nH]3)n2)c2ccccc21. The van der Waals surface area contributed by atoms with Gasteiger partial charge in [-0.3, -0.25) is 0 Å². The number of halogens is 1. The van der Waals surface area contributed by atoms with Gasteiger partial charge in [0.05, 0.1) is 18.2 Å². The van der Waals surface area contributed by atoms with E-state index in [-0.39, 0.29) is 12.4 Å². The molecule has 23 heavy (non-hydrogen) atoms. The van der Waals surface area contributed by atoms with E-state index in [2.05, 4.69) is 36.8 Å². The van der Waals surface area contributed by atoms with Crippen LogP contribution >= 0.6 is 12.4 Å². The summed E-state index contributed by atoms with van der Waals surface area (Å²) in [5, 5.41) is 5.18. The Kier molecular flexibility index (Phi) is 3.99. The van der Waals surface area contributed by atoms with E-state index in [0.717, 1.165) is 22.2 Å². The third-order valence-corrected chi connectivity index (χ3v) is 3.50. The number of hydrogen-bond acceptors (Lipinski definition) is 4. The van der Waals surface area contributed by atoms with Gasteiger partial charge in [-0.2, -0.15) is 4.98 Å². The molecule has 3 heterocycles. The Balaban J connectivity index is 0.00000156. The number of fused-ring (bicyclic) bond motifs is 1. The summed E-state index contributed by atoms with van der Waals surface area (Å²) in [4.78, 5) is 11.4. The lowest BCUT2D eigenvalue weighted by Gasteiger charge is -1.93. The Hall–Kier alpha value is -2.86. The highest BCUT2D eigenvalue weighted by molar-refractivity contribution is 5.94. The molecule has 0 aliphatic heterocycles. The van der Waals surface area contributed by atoms with E-state index in [1.54, 1.807) is 18.6 Å². The lowest BCUT2D eigenvalue weighted by molar-refractivity contribution is 0.411. The zero-order valence-corrected chi connectivity index (χ0v) is 13.1. The number of hydrogen-bond donors (Lipinski definition) is 1. The smallest absolute Gasteiger partial charge is 0.251 e. The molecule has 116 valence electrons. The Bertz CT molecular complexity index is 952. The molecular formula is C16H14ClN5O. The summed E-state index contributed by atoms with van der Waals surface area (Å²) in [7, 11) is 2.00. The topological polar surface area (TPSA) is 72.5 Å². The molecule has 0 aliphatic carbocycles. The third-order valence-electron chi connectivity index (χ3n) is 3.50. The lowest BCUT2D eigenvalue weighted by atomic mass is 10.2. The number of para-hydroxylation sites is 1. The van der Waals surface area contributed by atoms with Crippen molar-refractivity contribution < 1.29 is 4.52 Å². The summed E-state index contributed by atoms with van der Waals surface area (Å²) in [5.74, 6) is 1.04. The van der Waals surface area contributed by atoms with Crippen molar-refractivity contribution in [3.8, 4) is 11.4 Å². The molecule has 0 amide bonds. The summed E-state index contributed by atoms with van der Waals surface area (Å²) in [5.41, 5.74) is 2.98. The predicted octanol–water partition coefficient (Wildman–Crippen LogP) is 3.54. The average Bonchev–Trinajstić information content (AvgIpc) is 3.26. The van der Waals surface area contributed by atoms with Gasteiger partial charge in [-0.1, -0.05) is 23.4 Å². The van der Waals surface area contributed by atoms with Gasteiger partial charge in [0.15, 0.2) is 0 Å². The average molecular weight is 328 g/mol. The van der Waals surface area contributed by atoms with Crippen LogP contribution in [0.4, 0.5) is 0 Å². The maximum atomic E-state index is 5.28. The number of aryl methyl sites for hydroxylation is 1. The lowest BCUT2D eigenvalue weighted by Crippen LogP contribution is -1.82. The number of aromatic amines is 1. The van der Waals surface area contributed by atoms with Gasteiger partial charge in [-0.15, -0.1) is 12.4 Å². The third kappa shape index (κ3) is 2.76. The number of imidazole rings is 1. The van der Waals surface area contributed by atoms with Crippen LogP contribution in [0.2, 0.25) is 0 Å². The van der Waals surface area contributed by atoms with E-state index in [0.29, 0.717) is 11.7 Å². The van der Waals surface area contributed by atoms with Gasteiger partial charge in [0, 0.05) is 35.8 Å². The van der Waals surface area contributed by atoms with Crippen LogP contribution in [0.15, 0.2) is 47.5 Å². The maximum absolute atomic E-state index is 5.28. The molecule has 0 unspecified atom stereocenters. The van der Waals surface area contributed by atoms with Gasteiger partial charge in [-0.05, 0) is 12.1 Å². The molecule has 0 aliphatic rings. The molecule has 4 rings (SSSR count). The monoisotopic (exact) mass is 327 g/mol. The fraction of sp³-hybridized carbons (Fsp3) is 0.0625. The van der Waals surface area contributed by atoms with Crippen molar-refractivity contribution in [3.63, 3.8) is 0 Å². The van der Waals surface area contributed by atoms with Gasteiger partial charge in [0.1, 0.15) is 0 Å². The van der Waals surface area contributed by atoms with Crippen LogP contribution in [-0.4, -0.2) is 24.7 Å². The Labute approximate surface area is 138 Å². The molecular weight excluding hydrogens is 314 g/mol. The van der Waals surface area contributed by atoms with E-state index < -0.39 is 0 Å². The minimum absolute atomic E-state index is 0. The van der Waals surface area contributed by atoms with Crippen molar-refractivity contribution in [1.29, 1.82) is 0 Å². The summed E-state index contributed by atoms with van der Waals surface area (Å²) in [6.45, 7) is 0. The molecule has 0 spiro atoms. The highest BCUT2D eigenvalue weighted by Crippen LogP contribution is 2.28. The van der Waals surface area contributed by atoms with E-state index in [9.17, 15) is 0 Å². The maximum Gasteiger partial charge on any atom is 0.251 e. The van der Waals surface area contributed by atoms with E-state index in [1.165, 1.54) is 0 Å². The molecule has 1 N–H and O–H groups in total. The Morgan fingerprint density at radius 1 is 1.22 bits per heavy atom. The first-order chi connectivity index (χ1) is 10.8. The second-order valence-electron chi connectivity index (χ2n) is 4.97. The van der Waals surface area contributed by atoms with Crippen molar-refractivity contribution in [3.05, 3.63) is 54.6 Å². The number of nitrogens with zero attached hydrogens (tertiary/aromatic N) is 4. The Morgan fingerprint density at radius 2 is 2.09 bits per heavy atom. The van der Waals surface area contributed by atoms with Crippen LogP contribution in [0.1, 0.15) is 11.6 Å². The quantitative estimate of drug-likeness (QED) is 0.624. The standard InChI is InChI=1S/C16H13N5O.ClH/c1-21-9-13(12-4-2-3-5-14(12)21)16-19-15(22-20-16)7-6-11-8-17-10-18-11;/h2-10H,1H3,(H,17,18);1H. The predicted molar refractivity (Wildman–Crippen MR) is 91.0 cm³/mol. The zero-order valence-electron chi connectivity index (χ0n) is 12.3. The summed E-state index contributed by atoms with van der Waals surface area (Å²) in [6, 6.07) is 8.14. The summed E-state index contributed by atoms with van der Waals surface area (Å²) < 4.78 is 7.34. The second-order valence-corrected chi connectivity index (χ2v) is 4.97. The van der Waals surface area contributed by atoms with E-state index in [1.807, 2.05) is 31.5 Å². The molecule has 0 saturated carbocycles. The van der Waals surface area contributed by atoms with Gasteiger partial charge >= 0.3 is 0 Å². The van der Waals surface area contributed by atoms with Crippen molar-refractivity contribution >= 4 is 35.5 Å². The molecule has 0 bridgehead atoms. The van der Waals surface area contributed by atoms with Crippen LogP contribution in [0, 0.1) is 0 Å². The van der Waals surface area contributed by atoms with Gasteiger partial charge in [-0.25, -0.2) is 4.98 Å². The number of aromatic nitrogens is 5. The summed E-state index contributed by atoms with van der Waals surface area (Å²) in [6.07, 6.45) is 8.95. The summed E-state index contributed by atoms with van der Waals surface area (Å²) >= 11 is 0. The van der Waals surface area contributed by atoms with Gasteiger partial charge in [0.25, 0.3) is 5.89 Å². The zero-order chi connectivity index (χ0) is 14.9. The molecule has 4 aromatic rings.